The predicted molar refractivity (Wildman–Crippen MR) is 79.0 cm³/mol. The standard InChI is InChI=1S/C13H15BrF3NO2S/c1-21(19,20)12-4-2-3-10(12)18-11-7-8(13(15,16)17)5-6-9(11)14/h5-7,10,12,18H,2-4H2,1H3. The van der Waals surface area contributed by atoms with Gasteiger partial charge in [0.1, 0.15) is 0 Å². The lowest BCUT2D eigenvalue weighted by Gasteiger charge is -2.22. The van der Waals surface area contributed by atoms with Crippen molar-refractivity contribution in [2.45, 2.75) is 36.7 Å². The van der Waals surface area contributed by atoms with E-state index in [4.69, 9.17) is 0 Å². The summed E-state index contributed by atoms with van der Waals surface area (Å²) in [5.41, 5.74) is -0.493. The molecule has 0 radical (unpaired) electrons. The topological polar surface area (TPSA) is 46.2 Å². The number of sulfone groups is 1. The first kappa shape index (κ1) is 16.6. The quantitative estimate of drug-likeness (QED) is 0.859. The Labute approximate surface area is 130 Å². The molecule has 1 aromatic carbocycles. The first-order valence-electron chi connectivity index (χ1n) is 6.41. The van der Waals surface area contributed by atoms with Crippen LogP contribution in [0.2, 0.25) is 0 Å². The van der Waals surface area contributed by atoms with Crippen LogP contribution in [0.25, 0.3) is 0 Å². The number of nitrogens with one attached hydrogen (secondary N) is 1. The summed E-state index contributed by atoms with van der Waals surface area (Å²) in [6.45, 7) is 0. The molecule has 0 spiro atoms. The molecular weight excluding hydrogens is 371 g/mol. The molecule has 2 unspecified atom stereocenters. The highest BCUT2D eigenvalue weighted by molar-refractivity contribution is 9.10. The average molecular weight is 386 g/mol. The Balaban J connectivity index is 2.27. The number of rotatable bonds is 3. The third-order valence-corrected chi connectivity index (χ3v) is 5.99. The Morgan fingerprint density at radius 3 is 2.52 bits per heavy atom. The molecule has 21 heavy (non-hydrogen) atoms. The minimum atomic E-state index is -4.43. The lowest BCUT2D eigenvalue weighted by Crippen LogP contribution is -2.34. The fourth-order valence-electron chi connectivity index (χ4n) is 2.62. The smallest absolute Gasteiger partial charge is 0.380 e. The normalized spacial score (nSPS) is 23.3. The molecule has 1 N–H and O–H groups in total. The summed E-state index contributed by atoms with van der Waals surface area (Å²) in [5, 5.41) is 2.40. The van der Waals surface area contributed by atoms with Gasteiger partial charge in [-0.05, 0) is 53.4 Å². The Morgan fingerprint density at radius 2 is 1.95 bits per heavy atom. The van der Waals surface area contributed by atoms with Crippen LogP contribution in [0.1, 0.15) is 24.8 Å². The van der Waals surface area contributed by atoms with Crippen molar-refractivity contribution in [3.05, 3.63) is 28.2 Å². The Kier molecular flexibility index (Phi) is 4.58. The number of anilines is 1. The highest BCUT2D eigenvalue weighted by Crippen LogP contribution is 2.36. The Morgan fingerprint density at radius 1 is 1.29 bits per heavy atom. The zero-order valence-electron chi connectivity index (χ0n) is 11.2. The molecule has 8 heteroatoms. The number of benzene rings is 1. The first-order valence-corrected chi connectivity index (χ1v) is 9.16. The molecule has 1 fully saturated rings. The second-order valence-electron chi connectivity index (χ2n) is 5.24. The van der Waals surface area contributed by atoms with Crippen LogP contribution in [-0.4, -0.2) is 26.0 Å². The summed E-state index contributed by atoms with van der Waals surface area (Å²) in [4.78, 5) is 0. The van der Waals surface area contributed by atoms with Gasteiger partial charge in [0.15, 0.2) is 9.84 Å². The molecule has 0 amide bonds. The summed E-state index contributed by atoms with van der Waals surface area (Å²) in [6, 6.07) is 2.94. The highest BCUT2D eigenvalue weighted by Gasteiger charge is 2.36. The summed E-state index contributed by atoms with van der Waals surface area (Å²) in [6.07, 6.45) is -1.36. The van der Waals surface area contributed by atoms with Crippen molar-refractivity contribution in [3.63, 3.8) is 0 Å². The molecule has 118 valence electrons. The zero-order valence-corrected chi connectivity index (χ0v) is 13.6. The van der Waals surface area contributed by atoms with Gasteiger partial charge in [-0.1, -0.05) is 0 Å². The van der Waals surface area contributed by atoms with Gasteiger partial charge in [-0.3, -0.25) is 0 Å². The highest BCUT2D eigenvalue weighted by atomic mass is 79.9. The monoisotopic (exact) mass is 385 g/mol. The summed E-state index contributed by atoms with van der Waals surface area (Å²) in [5.74, 6) is 0. The molecule has 0 aromatic heterocycles. The molecule has 2 rings (SSSR count). The van der Waals surface area contributed by atoms with Gasteiger partial charge in [-0.25, -0.2) is 8.42 Å². The van der Waals surface area contributed by atoms with Gasteiger partial charge in [0.05, 0.1) is 10.8 Å². The van der Waals surface area contributed by atoms with Crippen LogP contribution in [-0.2, 0) is 16.0 Å². The molecule has 1 aromatic rings. The SMILES string of the molecule is CS(=O)(=O)C1CCCC1Nc1cc(C(F)(F)F)ccc1Br. The van der Waals surface area contributed by atoms with E-state index in [1.54, 1.807) is 0 Å². The van der Waals surface area contributed by atoms with Crippen molar-refractivity contribution in [1.29, 1.82) is 0 Å². The fraction of sp³-hybridized carbons (Fsp3) is 0.538. The first-order chi connectivity index (χ1) is 9.59. The molecule has 0 bridgehead atoms. The van der Waals surface area contributed by atoms with Crippen LogP contribution < -0.4 is 5.32 Å². The van der Waals surface area contributed by atoms with Crippen molar-refractivity contribution in [2.24, 2.45) is 0 Å². The van der Waals surface area contributed by atoms with Crippen LogP contribution in [0.15, 0.2) is 22.7 Å². The fourth-order valence-corrected chi connectivity index (χ4v) is 4.37. The van der Waals surface area contributed by atoms with E-state index in [1.165, 1.54) is 12.3 Å². The Bertz CT molecular complexity index is 631. The molecular formula is C13H15BrF3NO2S. The van der Waals surface area contributed by atoms with Gasteiger partial charge in [0, 0.05) is 22.5 Å². The van der Waals surface area contributed by atoms with Crippen molar-refractivity contribution in [2.75, 3.05) is 11.6 Å². The number of alkyl halides is 3. The lowest BCUT2D eigenvalue weighted by atomic mass is 10.1. The number of hydrogen-bond acceptors (Lipinski definition) is 3. The molecule has 0 aliphatic heterocycles. The van der Waals surface area contributed by atoms with E-state index in [9.17, 15) is 21.6 Å². The van der Waals surface area contributed by atoms with Crippen LogP contribution in [0.3, 0.4) is 0 Å². The summed E-state index contributed by atoms with van der Waals surface area (Å²) in [7, 11) is -3.22. The molecule has 1 aliphatic carbocycles. The van der Waals surface area contributed by atoms with Crippen LogP contribution >= 0.6 is 15.9 Å². The second-order valence-corrected chi connectivity index (χ2v) is 8.36. The minimum absolute atomic E-state index is 0.269. The predicted octanol–water partition coefficient (Wildman–Crippen LogP) is 3.85. The Hall–Kier alpha value is -0.760. The van der Waals surface area contributed by atoms with E-state index in [-0.39, 0.29) is 11.7 Å². The number of halogens is 4. The zero-order chi connectivity index (χ0) is 15.8. The van der Waals surface area contributed by atoms with Crippen molar-refractivity contribution >= 4 is 31.5 Å². The number of hydrogen-bond donors (Lipinski definition) is 1. The van der Waals surface area contributed by atoms with E-state index in [0.717, 1.165) is 18.6 Å². The van der Waals surface area contributed by atoms with E-state index >= 15 is 0 Å². The van der Waals surface area contributed by atoms with Crippen LogP contribution in [0, 0.1) is 0 Å². The van der Waals surface area contributed by atoms with Crippen LogP contribution in [0.4, 0.5) is 18.9 Å². The lowest BCUT2D eigenvalue weighted by molar-refractivity contribution is -0.137. The van der Waals surface area contributed by atoms with Crippen LogP contribution in [0.5, 0.6) is 0 Å². The van der Waals surface area contributed by atoms with Crippen molar-refractivity contribution < 1.29 is 21.6 Å². The van der Waals surface area contributed by atoms with Gasteiger partial charge in [-0.15, -0.1) is 0 Å². The third-order valence-electron chi connectivity index (χ3n) is 3.64. The molecule has 3 nitrogen and oxygen atoms in total. The largest absolute Gasteiger partial charge is 0.416 e. The summed E-state index contributed by atoms with van der Waals surface area (Å²) < 4.78 is 62.1. The molecule has 1 saturated carbocycles. The van der Waals surface area contributed by atoms with E-state index in [1.807, 2.05) is 0 Å². The maximum absolute atomic E-state index is 12.7. The molecule has 2 atom stereocenters. The van der Waals surface area contributed by atoms with Gasteiger partial charge < -0.3 is 5.32 Å². The van der Waals surface area contributed by atoms with E-state index < -0.39 is 26.8 Å². The van der Waals surface area contributed by atoms with E-state index in [2.05, 4.69) is 21.2 Å². The minimum Gasteiger partial charge on any atom is -0.380 e. The molecule has 0 saturated heterocycles. The third kappa shape index (κ3) is 3.91. The van der Waals surface area contributed by atoms with Gasteiger partial charge in [0.2, 0.25) is 0 Å². The maximum Gasteiger partial charge on any atom is 0.416 e. The van der Waals surface area contributed by atoms with E-state index in [0.29, 0.717) is 17.3 Å². The van der Waals surface area contributed by atoms with Gasteiger partial charge in [-0.2, -0.15) is 13.2 Å². The van der Waals surface area contributed by atoms with Gasteiger partial charge in [0.25, 0.3) is 0 Å². The molecule has 0 heterocycles. The maximum atomic E-state index is 12.7. The van der Waals surface area contributed by atoms with Crippen molar-refractivity contribution in [1.82, 2.24) is 0 Å². The second kappa shape index (κ2) is 5.79. The van der Waals surface area contributed by atoms with Gasteiger partial charge >= 0.3 is 6.18 Å². The average Bonchev–Trinajstić information content (AvgIpc) is 2.78. The summed E-state index contributed by atoms with van der Waals surface area (Å²) >= 11 is 3.20. The molecule has 1 aliphatic rings. The van der Waals surface area contributed by atoms with Crippen molar-refractivity contribution in [3.8, 4) is 0 Å².